The molecule has 0 N–H and O–H groups in total. The minimum absolute atomic E-state index is 0.0866. The van der Waals surface area contributed by atoms with Crippen molar-refractivity contribution in [3.63, 3.8) is 0 Å². The second-order valence-corrected chi connectivity index (χ2v) is 6.21. The van der Waals surface area contributed by atoms with Crippen molar-refractivity contribution < 1.29 is 9.59 Å². The Kier molecular flexibility index (Phi) is 6.75. The van der Waals surface area contributed by atoms with Crippen molar-refractivity contribution in [2.45, 2.75) is 13.3 Å². The van der Waals surface area contributed by atoms with Crippen LogP contribution < -0.4 is 0 Å². The number of amides is 2. The highest BCUT2D eigenvalue weighted by Crippen LogP contribution is 2.20. The highest BCUT2D eigenvalue weighted by molar-refractivity contribution is 14.1. The van der Waals surface area contributed by atoms with E-state index < -0.39 is 0 Å². The predicted molar refractivity (Wildman–Crippen MR) is 89.1 cm³/mol. The van der Waals surface area contributed by atoms with Gasteiger partial charge in [-0.05, 0) is 47.2 Å². The summed E-state index contributed by atoms with van der Waals surface area (Å²) in [7, 11) is 3.36. The highest BCUT2D eigenvalue weighted by atomic mass is 127. The van der Waals surface area contributed by atoms with Gasteiger partial charge in [-0.3, -0.25) is 9.59 Å². The number of carbonyl (C=O) groups excluding carboxylic acids is 2. The Morgan fingerprint density at radius 3 is 2.45 bits per heavy atom. The molecule has 0 aliphatic heterocycles. The number of likely N-dealkylation sites (N-methyl/N-ethyl adjacent to an activating group) is 1. The molecule has 6 heteroatoms. The summed E-state index contributed by atoms with van der Waals surface area (Å²) in [5, 5.41) is 0.548. The Balaban J connectivity index is 2.92. The van der Waals surface area contributed by atoms with E-state index in [1.807, 2.05) is 6.92 Å². The van der Waals surface area contributed by atoms with Gasteiger partial charge in [0.2, 0.25) is 5.91 Å². The first-order valence-corrected chi connectivity index (χ1v) is 7.77. The van der Waals surface area contributed by atoms with Gasteiger partial charge in [-0.1, -0.05) is 18.5 Å². The summed E-state index contributed by atoms with van der Waals surface area (Å²) in [6.45, 7) is 2.60. The fourth-order valence-corrected chi connectivity index (χ4v) is 2.15. The maximum Gasteiger partial charge on any atom is 0.254 e. The lowest BCUT2D eigenvalue weighted by atomic mass is 10.2. The molecule has 0 saturated carbocycles. The standard InChI is InChI=1S/C14H18ClIN2O2/c1-4-7-18(9-13(19)17(2)3)14(20)10-5-6-12(16)11(15)8-10/h5-6,8H,4,7,9H2,1-3H3. The first-order chi connectivity index (χ1) is 9.36. The number of carbonyl (C=O) groups is 2. The number of rotatable bonds is 5. The average molecular weight is 409 g/mol. The molecule has 0 bridgehead atoms. The molecule has 1 aromatic carbocycles. The molecule has 1 aromatic rings. The second-order valence-electron chi connectivity index (χ2n) is 4.64. The summed E-state index contributed by atoms with van der Waals surface area (Å²) in [6.07, 6.45) is 0.796. The molecule has 0 saturated heterocycles. The van der Waals surface area contributed by atoms with Gasteiger partial charge in [0, 0.05) is 29.8 Å². The minimum atomic E-state index is -0.166. The second kappa shape index (κ2) is 7.83. The first kappa shape index (κ1) is 17.2. The molecule has 0 fully saturated rings. The van der Waals surface area contributed by atoms with Gasteiger partial charge in [-0.15, -0.1) is 0 Å². The van der Waals surface area contributed by atoms with Gasteiger partial charge in [-0.2, -0.15) is 0 Å². The summed E-state index contributed by atoms with van der Waals surface area (Å²) in [5.74, 6) is -0.260. The van der Waals surface area contributed by atoms with Crippen molar-refractivity contribution in [3.8, 4) is 0 Å². The van der Waals surface area contributed by atoms with Crippen LogP contribution in [0.25, 0.3) is 0 Å². The Bertz CT molecular complexity index is 506. The molecule has 0 atom stereocenters. The zero-order chi connectivity index (χ0) is 15.3. The van der Waals surface area contributed by atoms with Crippen LogP contribution in [0.2, 0.25) is 5.02 Å². The third-order valence-corrected chi connectivity index (χ3v) is 4.34. The molecule has 110 valence electrons. The van der Waals surface area contributed by atoms with Crippen molar-refractivity contribution in [2.75, 3.05) is 27.2 Å². The van der Waals surface area contributed by atoms with Crippen LogP contribution in [0.15, 0.2) is 18.2 Å². The number of halogens is 2. The molecule has 20 heavy (non-hydrogen) atoms. The van der Waals surface area contributed by atoms with Crippen LogP contribution in [0.5, 0.6) is 0 Å². The van der Waals surface area contributed by atoms with Crippen molar-refractivity contribution in [2.24, 2.45) is 0 Å². The van der Waals surface area contributed by atoms with Crippen LogP contribution in [0, 0.1) is 3.57 Å². The molecule has 0 aliphatic rings. The Labute approximate surface area is 138 Å². The van der Waals surface area contributed by atoms with Crippen LogP contribution >= 0.6 is 34.2 Å². The third kappa shape index (κ3) is 4.63. The quantitative estimate of drug-likeness (QED) is 0.703. The van der Waals surface area contributed by atoms with Crippen LogP contribution in [0.4, 0.5) is 0 Å². The molecular weight excluding hydrogens is 391 g/mol. The molecule has 4 nitrogen and oxygen atoms in total. The molecule has 0 aliphatic carbocycles. The molecule has 0 unspecified atom stereocenters. The predicted octanol–water partition coefficient (Wildman–Crippen LogP) is 2.89. The first-order valence-electron chi connectivity index (χ1n) is 6.31. The lowest BCUT2D eigenvalue weighted by molar-refractivity contribution is -0.129. The fourth-order valence-electron chi connectivity index (χ4n) is 1.64. The van der Waals surface area contributed by atoms with Gasteiger partial charge in [0.25, 0.3) is 5.91 Å². The number of benzene rings is 1. The highest BCUT2D eigenvalue weighted by Gasteiger charge is 2.19. The van der Waals surface area contributed by atoms with E-state index in [1.165, 1.54) is 4.90 Å². The zero-order valence-corrected chi connectivity index (χ0v) is 14.7. The van der Waals surface area contributed by atoms with Gasteiger partial charge in [0.05, 0.1) is 5.02 Å². The van der Waals surface area contributed by atoms with E-state index in [9.17, 15) is 9.59 Å². The Morgan fingerprint density at radius 2 is 1.95 bits per heavy atom. The van der Waals surface area contributed by atoms with Gasteiger partial charge in [0.1, 0.15) is 6.54 Å². The van der Waals surface area contributed by atoms with Crippen molar-refractivity contribution in [3.05, 3.63) is 32.4 Å². The summed E-state index contributed by atoms with van der Waals surface area (Å²) in [4.78, 5) is 27.3. The maximum atomic E-state index is 12.5. The smallest absolute Gasteiger partial charge is 0.254 e. The van der Waals surface area contributed by atoms with Gasteiger partial charge >= 0.3 is 0 Å². The molecule has 0 radical (unpaired) electrons. The summed E-state index contributed by atoms with van der Waals surface area (Å²) >= 11 is 8.15. The summed E-state index contributed by atoms with van der Waals surface area (Å²) in [5.41, 5.74) is 0.510. The van der Waals surface area contributed by atoms with E-state index in [0.717, 1.165) is 9.99 Å². The van der Waals surface area contributed by atoms with Crippen LogP contribution in [0.1, 0.15) is 23.7 Å². The van der Waals surface area contributed by atoms with E-state index in [-0.39, 0.29) is 18.4 Å². The largest absolute Gasteiger partial charge is 0.347 e. The van der Waals surface area contributed by atoms with Crippen molar-refractivity contribution in [1.82, 2.24) is 9.80 Å². The van der Waals surface area contributed by atoms with Gasteiger partial charge in [-0.25, -0.2) is 0 Å². The van der Waals surface area contributed by atoms with Crippen molar-refractivity contribution in [1.29, 1.82) is 0 Å². The third-order valence-electron chi connectivity index (χ3n) is 2.77. The fraction of sp³-hybridized carbons (Fsp3) is 0.429. The van der Waals surface area contributed by atoms with Crippen LogP contribution in [0.3, 0.4) is 0 Å². The normalized spacial score (nSPS) is 10.2. The van der Waals surface area contributed by atoms with Gasteiger partial charge < -0.3 is 9.80 Å². The van der Waals surface area contributed by atoms with Crippen LogP contribution in [-0.2, 0) is 4.79 Å². The minimum Gasteiger partial charge on any atom is -0.347 e. The molecule has 0 aromatic heterocycles. The van der Waals surface area contributed by atoms with E-state index in [2.05, 4.69) is 22.6 Å². The van der Waals surface area contributed by atoms with Crippen LogP contribution in [-0.4, -0.2) is 48.8 Å². The number of hydrogen-bond acceptors (Lipinski definition) is 2. The molecule has 0 spiro atoms. The van der Waals surface area contributed by atoms with Crippen molar-refractivity contribution >= 4 is 46.0 Å². The summed E-state index contributed by atoms with van der Waals surface area (Å²) in [6, 6.07) is 5.18. The zero-order valence-electron chi connectivity index (χ0n) is 11.8. The SMILES string of the molecule is CCCN(CC(=O)N(C)C)C(=O)c1ccc(I)c(Cl)c1. The average Bonchev–Trinajstić information content (AvgIpc) is 2.40. The van der Waals surface area contributed by atoms with E-state index in [1.54, 1.807) is 37.2 Å². The summed E-state index contributed by atoms with van der Waals surface area (Å²) < 4.78 is 0.896. The topological polar surface area (TPSA) is 40.6 Å². The lowest BCUT2D eigenvalue weighted by Crippen LogP contribution is -2.40. The van der Waals surface area contributed by atoms with E-state index in [0.29, 0.717) is 17.1 Å². The maximum absolute atomic E-state index is 12.5. The Morgan fingerprint density at radius 1 is 1.30 bits per heavy atom. The molecule has 1 rings (SSSR count). The molecule has 2 amide bonds. The number of hydrogen-bond donors (Lipinski definition) is 0. The lowest BCUT2D eigenvalue weighted by Gasteiger charge is -2.23. The Hall–Kier alpha value is -0.820. The number of nitrogens with zero attached hydrogens (tertiary/aromatic N) is 2. The van der Waals surface area contributed by atoms with E-state index >= 15 is 0 Å². The van der Waals surface area contributed by atoms with Gasteiger partial charge in [0.15, 0.2) is 0 Å². The monoisotopic (exact) mass is 408 g/mol. The molecular formula is C14H18ClIN2O2. The molecule has 0 heterocycles. The van der Waals surface area contributed by atoms with E-state index in [4.69, 9.17) is 11.6 Å².